The number of rotatable bonds is 12. The second-order valence-corrected chi connectivity index (χ2v) is 10.8. The van der Waals surface area contributed by atoms with E-state index in [4.69, 9.17) is 10.5 Å². The first-order valence-electron chi connectivity index (χ1n) is 12.1. The monoisotopic (exact) mass is 473 g/mol. The number of hydrogen-bond acceptors (Lipinski definition) is 6. The van der Waals surface area contributed by atoms with Crippen molar-refractivity contribution < 1.29 is 13.2 Å². The Kier molecular flexibility index (Phi) is 9.74. The lowest BCUT2D eigenvalue weighted by molar-refractivity contribution is 0.101. The highest BCUT2D eigenvalue weighted by Crippen LogP contribution is 2.27. The summed E-state index contributed by atoms with van der Waals surface area (Å²) < 4.78 is 31.0. The molecule has 0 spiro atoms. The molecule has 0 saturated carbocycles. The van der Waals surface area contributed by atoms with Crippen LogP contribution in [0, 0.1) is 0 Å². The topological polar surface area (TPSA) is 75.9 Å². The Morgan fingerprint density at radius 1 is 0.848 bits per heavy atom. The molecule has 7 heteroatoms. The summed E-state index contributed by atoms with van der Waals surface area (Å²) in [5, 5.41) is 0. The minimum atomic E-state index is -3.54. The zero-order valence-electron chi connectivity index (χ0n) is 20.1. The van der Waals surface area contributed by atoms with Crippen molar-refractivity contribution in [2.45, 2.75) is 54.9 Å². The van der Waals surface area contributed by atoms with E-state index in [1.165, 1.54) is 32.2 Å². The Hall–Kier alpha value is -1.93. The van der Waals surface area contributed by atoms with Crippen LogP contribution in [0.25, 0.3) is 0 Å². The predicted molar refractivity (Wildman–Crippen MR) is 133 cm³/mol. The van der Waals surface area contributed by atoms with Gasteiger partial charge in [0.1, 0.15) is 5.75 Å². The molecular weight excluding hydrogens is 434 g/mol. The van der Waals surface area contributed by atoms with Crippen LogP contribution in [0.2, 0.25) is 0 Å². The number of sulfone groups is 1. The van der Waals surface area contributed by atoms with Crippen LogP contribution in [-0.2, 0) is 9.84 Å². The number of ether oxygens (including phenoxy) is 1. The lowest BCUT2D eigenvalue weighted by Crippen LogP contribution is -2.47. The van der Waals surface area contributed by atoms with Crippen LogP contribution in [0.1, 0.15) is 50.6 Å². The molecular formula is C26H39N3O3S. The first kappa shape index (κ1) is 25.7. The van der Waals surface area contributed by atoms with Crippen molar-refractivity contribution in [2.75, 3.05) is 46.4 Å². The summed E-state index contributed by atoms with van der Waals surface area (Å²) >= 11 is 0. The number of nitrogens with zero attached hydrogens (tertiary/aromatic N) is 2. The van der Waals surface area contributed by atoms with E-state index in [1.54, 1.807) is 43.5 Å². The molecule has 0 aromatic heterocycles. The largest absolute Gasteiger partial charge is 0.497 e. The number of benzene rings is 2. The highest BCUT2D eigenvalue weighted by Gasteiger charge is 2.23. The fraction of sp³-hybridized carbons (Fsp3) is 0.538. The first-order valence-corrected chi connectivity index (χ1v) is 13.6. The van der Waals surface area contributed by atoms with Gasteiger partial charge in [0.2, 0.25) is 9.84 Å². The van der Waals surface area contributed by atoms with Crippen LogP contribution in [-0.4, -0.2) is 64.6 Å². The van der Waals surface area contributed by atoms with E-state index < -0.39 is 9.84 Å². The van der Waals surface area contributed by atoms with E-state index in [9.17, 15) is 8.42 Å². The van der Waals surface area contributed by atoms with Gasteiger partial charge >= 0.3 is 0 Å². The standard InChI is InChI=1S/C26H39N3O3S/c1-22(29-20-18-28(19-21-29)17-7-5-3-4-6-16-27)23-8-12-25(13-9-23)33(30,31)26-14-10-24(32-2)11-15-26/h8-15,22H,3-7,16-21,27H2,1-2H3. The van der Waals surface area contributed by atoms with Crippen molar-refractivity contribution in [2.24, 2.45) is 5.73 Å². The van der Waals surface area contributed by atoms with Crippen LogP contribution in [0.15, 0.2) is 58.3 Å². The predicted octanol–water partition coefficient (Wildman–Crippen LogP) is 4.12. The molecule has 0 amide bonds. The molecule has 33 heavy (non-hydrogen) atoms. The second kappa shape index (κ2) is 12.5. The third kappa shape index (κ3) is 7.03. The maximum absolute atomic E-state index is 12.9. The molecule has 3 rings (SSSR count). The molecule has 2 aromatic carbocycles. The van der Waals surface area contributed by atoms with Crippen molar-refractivity contribution in [3.63, 3.8) is 0 Å². The minimum Gasteiger partial charge on any atom is -0.497 e. The van der Waals surface area contributed by atoms with Gasteiger partial charge in [-0.05, 0) is 74.8 Å². The number of methoxy groups -OCH3 is 1. The highest BCUT2D eigenvalue weighted by atomic mass is 32.2. The SMILES string of the molecule is COc1ccc(S(=O)(=O)c2ccc(C(C)N3CCN(CCCCCCCN)CC3)cc2)cc1. The third-order valence-electron chi connectivity index (χ3n) is 6.68. The fourth-order valence-electron chi connectivity index (χ4n) is 4.41. The molecule has 2 N–H and O–H groups in total. The van der Waals surface area contributed by atoms with Gasteiger partial charge in [0, 0.05) is 32.2 Å². The molecule has 1 atom stereocenters. The fourth-order valence-corrected chi connectivity index (χ4v) is 5.67. The Morgan fingerprint density at radius 3 is 1.97 bits per heavy atom. The van der Waals surface area contributed by atoms with Gasteiger partial charge < -0.3 is 15.4 Å². The van der Waals surface area contributed by atoms with Crippen molar-refractivity contribution in [3.8, 4) is 5.75 Å². The molecule has 182 valence electrons. The maximum atomic E-state index is 12.9. The molecule has 1 aliphatic heterocycles. The third-order valence-corrected chi connectivity index (χ3v) is 8.46. The first-order chi connectivity index (χ1) is 16.0. The normalized spacial score (nSPS) is 16.6. The Bertz CT molecular complexity index is 938. The number of hydrogen-bond donors (Lipinski definition) is 1. The summed E-state index contributed by atoms with van der Waals surface area (Å²) in [7, 11) is -1.97. The maximum Gasteiger partial charge on any atom is 0.206 e. The Balaban J connectivity index is 1.50. The average Bonchev–Trinajstić information content (AvgIpc) is 2.86. The smallest absolute Gasteiger partial charge is 0.206 e. The summed E-state index contributed by atoms with van der Waals surface area (Å²) in [6.07, 6.45) is 6.25. The second-order valence-electron chi connectivity index (χ2n) is 8.86. The van der Waals surface area contributed by atoms with Crippen molar-refractivity contribution >= 4 is 9.84 Å². The lowest BCUT2D eigenvalue weighted by atomic mass is 10.1. The van der Waals surface area contributed by atoms with E-state index in [-0.39, 0.29) is 10.9 Å². The Labute approximate surface area is 199 Å². The summed E-state index contributed by atoms with van der Waals surface area (Å²) in [5.74, 6) is 0.640. The minimum absolute atomic E-state index is 0.265. The van der Waals surface area contributed by atoms with E-state index in [2.05, 4.69) is 16.7 Å². The number of nitrogens with two attached hydrogens (primary N) is 1. The van der Waals surface area contributed by atoms with Crippen LogP contribution >= 0.6 is 0 Å². The number of unbranched alkanes of at least 4 members (excludes halogenated alkanes) is 4. The number of piperazine rings is 1. The van der Waals surface area contributed by atoms with E-state index >= 15 is 0 Å². The van der Waals surface area contributed by atoms with Gasteiger partial charge in [-0.25, -0.2) is 8.42 Å². The van der Waals surface area contributed by atoms with Gasteiger partial charge in [-0.2, -0.15) is 0 Å². The summed E-state index contributed by atoms with van der Waals surface area (Å²) in [6, 6.07) is 14.1. The molecule has 0 bridgehead atoms. The zero-order chi connectivity index (χ0) is 23.7. The molecule has 1 unspecified atom stereocenters. The molecule has 2 aromatic rings. The molecule has 1 aliphatic rings. The highest BCUT2D eigenvalue weighted by molar-refractivity contribution is 7.91. The van der Waals surface area contributed by atoms with Gasteiger partial charge in [0.15, 0.2) is 0 Å². The van der Waals surface area contributed by atoms with Gasteiger partial charge in [0.05, 0.1) is 16.9 Å². The van der Waals surface area contributed by atoms with Crippen molar-refractivity contribution in [3.05, 3.63) is 54.1 Å². The van der Waals surface area contributed by atoms with E-state index in [0.717, 1.165) is 44.7 Å². The molecule has 1 fully saturated rings. The molecule has 0 radical (unpaired) electrons. The van der Waals surface area contributed by atoms with Crippen LogP contribution in [0.5, 0.6) is 5.75 Å². The summed E-state index contributed by atoms with van der Waals surface area (Å²) in [5.41, 5.74) is 6.71. The van der Waals surface area contributed by atoms with Gasteiger partial charge in [-0.3, -0.25) is 4.90 Å². The molecule has 0 aliphatic carbocycles. The molecule has 6 nitrogen and oxygen atoms in total. The van der Waals surface area contributed by atoms with Gasteiger partial charge in [-0.15, -0.1) is 0 Å². The van der Waals surface area contributed by atoms with Crippen molar-refractivity contribution in [1.29, 1.82) is 0 Å². The van der Waals surface area contributed by atoms with E-state index in [0.29, 0.717) is 10.6 Å². The lowest BCUT2D eigenvalue weighted by Gasteiger charge is -2.38. The van der Waals surface area contributed by atoms with Crippen LogP contribution in [0.4, 0.5) is 0 Å². The van der Waals surface area contributed by atoms with Gasteiger partial charge in [0.25, 0.3) is 0 Å². The van der Waals surface area contributed by atoms with Crippen molar-refractivity contribution in [1.82, 2.24) is 9.80 Å². The Morgan fingerprint density at radius 2 is 1.39 bits per heavy atom. The summed E-state index contributed by atoms with van der Waals surface area (Å²) in [4.78, 5) is 5.65. The van der Waals surface area contributed by atoms with Crippen LogP contribution in [0.3, 0.4) is 0 Å². The average molecular weight is 474 g/mol. The zero-order valence-corrected chi connectivity index (χ0v) is 20.9. The molecule has 1 saturated heterocycles. The van der Waals surface area contributed by atoms with E-state index in [1.807, 2.05) is 12.1 Å². The quantitative estimate of drug-likeness (QED) is 0.468. The summed E-state index contributed by atoms with van der Waals surface area (Å²) in [6.45, 7) is 8.47. The van der Waals surface area contributed by atoms with Gasteiger partial charge in [-0.1, -0.05) is 31.4 Å². The van der Waals surface area contributed by atoms with Crippen LogP contribution < -0.4 is 10.5 Å². The molecule has 1 heterocycles.